The second kappa shape index (κ2) is 7.44. The van der Waals surface area contributed by atoms with Gasteiger partial charge in [0.25, 0.3) is 5.91 Å². The van der Waals surface area contributed by atoms with Crippen LogP contribution < -0.4 is 10.1 Å². The predicted octanol–water partition coefficient (Wildman–Crippen LogP) is 2.30. The van der Waals surface area contributed by atoms with Crippen LogP contribution >= 0.6 is 0 Å². The number of aliphatic hydroxyl groups is 1. The molecule has 0 fully saturated rings. The molecule has 0 saturated heterocycles. The molecule has 124 valence electrons. The Kier molecular flexibility index (Phi) is 6.16. The lowest BCUT2D eigenvalue weighted by Crippen LogP contribution is -2.46. The Hall–Kier alpha value is -1.83. The van der Waals surface area contributed by atoms with Gasteiger partial charge in [-0.05, 0) is 25.8 Å². The van der Waals surface area contributed by atoms with Gasteiger partial charge in [-0.2, -0.15) is 13.2 Å². The average molecular weight is 320 g/mol. The van der Waals surface area contributed by atoms with Crippen LogP contribution in [0.25, 0.3) is 0 Å². The summed E-state index contributed by atoms with van der Waals surface area (Å²) < 4.78 is 40.5. The zero-order valence-electron chi connectivity index (χ0n) is 12.4. The quantitative estimate of drug-likeness (QED) is 0.809. The molecule has 0 spiro atoms. The first kappa shape index (κ1) is 18.2. The Morgan fingerprint density at radius 2 is 2.09 bits per heavy atom. The number of carbonyl (C=O) groups is 1. The van der Waals surface area contributed by atoms with Crippen molar-refractivity contribution in [2.24, 2.45) is 0 Å². The maximum atomic E-state index is 12.1. The minimum atomic E-state index is -4.44. The highest BCUT2D eigenvalue weighted by Crippen LogP contribution is 2.18. The van der Waals surface area contributed by atoms with E-state index in [1.54, 1.807) is 6.92 Å². The topological polar surface area (TPSA) is 71.5 Å². The van der Waals surface area contributed by atoms with E-state index in [2.05, 4.69) is 15.0 Å². The van der Waals surface area contributed by atoms with E-state index in [9.17, 15) is 18.0 Å². The first-order valence-corrected chi connectivity index (χ1v) is 6.78. The molecule has 0 radical (unpaired) electrons. The largest absolute Gasteiger partial charge is 0.468 e. The van der Waals surface area contributed by atoms with Crippen molar-refractivity contribution in [3.05, 3.63) is 23.9 Å². The summed E-state index contributed by atoms with van der Waals surface area (Å²) >= 11 is 0. The van der Waals surface area contributed by atoms with Crippen molar-refractivity contribution in [2.75, 3.05) is 13.2 Å². The van der Waals surface area contributed by atoms with Crippen LogP contribution in [0.1, 0.15) is 37.0 Å². The zero-order chi connectivity index (χ0) is 16.8. The minimum Gasteiger partial charge on any atom is -0.468 e. The van der Waals surface area contributed by atoms with Gasteiger partial charge in [0.05, 0.1) is 5.56 Å². The van der Waals surface area contributed by atoms with Crippen molar-refractivity contribution < 1.29 is 27.8 Å². The van der Waals surface area contributed by atoms with E-state index in [1.807, 2.05) is 6.92 Å². The summed E-state index contributed by atoms with van der Waals surface area (Å²) in [6.45, 7) is 2.18. The molecule has 8 heteroatoms. The molecule has 1 heterocycles. The minimum absolute atomic E-state index is 0.0624. The van der Waals surface area contributed by atoms with Gasteiger partial charge in [-0.3, -0.25) is 4.79 Å². The highest BCUT2D eigenvalue weighted by Gasteiger charge is 2.29. The number of amides is 1. The molecule has 0 bridgehead atoms. The number of hydrogen-bond acceptors (Lipinski definition) is 4. The van der Waals surface area contributed by atoms with E-state index in [0.29, 0.717) is 12.8 Å². The van der Waals surface area contributed by atoms with Crippen molar-refractivity contribution >= 4 is 5.91 Å². The van der Waals surface area contributed by atoms with Gasteiger partial charge in [-0.25, -0.2) is 4.98 Å². The van der Waals surface area contributed by atoms with E-state index in [-0.39, 0.29) is 18.1 Å². The third kappa shape index (κ3) is 5.88. The Labute approximate surface area is 126 Å². The van der Waals surface area contributed by atoms with Crippen molar-refractivity contribution in [2.45, 2.75) is 38.4 Å². The van der Waals surface area contributed by atoms with E-state index < -0.39 is 24.2 Å². The highest BCUT2D eigenvalue weighted by molar-refractivity contribution is 5.94. The summed E-state index contributed by atoms with van der Waals surface area (Å²) in [6.07, 6.45) is -2.27. The van der Waals surface area contributed by atoms with Gasteiger partial charge >= 0.3 is 6.18 Å². The standard InChI is InChI=1S/C14H19F3N2O3/c1-3-13(2,6-7-20)19-12(21)10-4-5-11(18-8-10)22-9-14(15,16)17/h4-5,8,20H,3,6-7,9H2,1-2H3,(H,19,21). The molecule has 1 aromatic heterocycles. The molecule has 1 aromatic rings. The van der Waals surface area contributed by atoms with E-state index in [1.165, 1.54) is 12.1 Å². The fraction of sp³-hybridized carbons (Fsp3) is 0.571. The van der Waals surface area contributed by atoms with Crippen molar-refractivity contribution in [1.82, 2.24) is 10.3 Å². The lowest BCUT2D eigenvalue weighted by Gasteiger charge is -2.28. The number of aromatic nitrogens is 1. The summed E-state index contributed by atoms with van der Waals surface area (Å²) in [4.78, 5) is 15.7. The molecular weight excluding hydrogens is 301 g/mol. The number of carbonyl (C=O) groups excluding carboxylic acids is 1. The molecule has 2 N–H and O–H groups in total. The molecular formula is C14H19F3N2O3. The SMILES string of the molecule is CCC(C)(CCO)NC(=O)c1ccc(OCC(F)(F)F)nc1. The number of halogens is 3. The highest BCUT2D eigenvalue weighted by atomic mass is 19.4. The third-order valence-electron chi connectivity index (χ3n) is 3.24. The van der Waals surface area contributed by atoms with Gasteiger partial charge < -0.3 is 15.2 Å². The zero-order valence-corrected chi connectivity index (χ0v) is 12.4. The molecule has 0 aliphatic rings. The normalized spacial score (nSPS) is 14.3. The van der Waals surface area contributed by atoms with Crippen LogP contribution in [0.15, 0.2) is 18.3 Å². The number of aliphatic hydroxyl groups excluding tert-OH is 1. The van der Waals surface area contributed by atoms with E-state index >= 15 is 0 Å². The fourth-order valence-electron chi connectivity index (χ4n) is 1.68. The van der Waals surface area contributed by atoms with Gasteiger partial charge in [0.15, 0.2) is 6.61 Å². The monoisotopic (exact) mass is 320 g/mol. The smallest absolute Gasteiger partial charge is 0.422 e. The van der Waals surface area contributed by atoms with Crippen LogP contribution in [0.4, 0.5) is 13.2 Å². The Bertz CT molecular complexity index is 491. The lowest BCUT2D eigenvalue weighted by molar-refractivity contribution is -0.154. The summed E-state index contributed by atoms with van der Waals surface area (Å²) in [5.41, 5.74) is -0.353. The van der Waals surface area contributed by atoms with Crippen LogP contribution in [0.5, 0.6) is 5.88 Å². The molecule has 0 aliphatic carbocycles. The van der Waals surface area contributed by atoms with Crippen LogP contribution in [-0.2, 0) is 0 Å². The Balaban J connectivity index is 2.68. The Morgan fingerprint density at radius 1 is 1.41 bits per heavy atom. The molecule has 0 aliphatic heterocycles. The second-order valence-electron chi connectivity index (χ2n) is 5.13. The van der Waals surface area contributed by atoms with Crippen LogP contribution in [0, 0.1) is 0 Å². The van der Waals surface area contributed by atoms with Crippen LogP contribution in [0.2, 0.25) is 0 Å². The van der Waals surface area contributed by atoms with Gasteiger partial charge in [0.2, 0.25) is 5.88 Å². The fourth-order valence-corrected chi connectivity index (χ4v) is 1.68. The second-order valence-corrected chi connectivity index (χ2v) is 5.13. The Morgan fingerprint density at radius 3 is 2.55 bits per heavy atom. The van der Waals surface area contributed by atoms with Crippen LogP contribution in [0.3, 0.4) is 0 Å². The molecule has 0 saturated carbocycles. The number of nitrogens with one attached hydrogen (secondary N) is 1. The molecule has 1 unspecified atom stereocenters. The van der Waals surface area contributed by atoms with Gasteiger partial charge in [0, 0.05) is 24.4 Å². The first-order chi connectivity index (χ1) is 10.2. The summed E-state index contributed by atoms with van der Waals surface area (Å²) in [7, 11) is 0. The van der Waals surface area contributed by atoms with Crippen molar-refractivity contribution in [3.8, 4) is 5.88 Å². The molecule has 1 rings (SSSR count). The maximum Gasteiger partial charge on any atom is 0.422 e. The maximum absolute atomic E-state index is 12.1. The molecule has 1 amide bonds. The van der Waals surface area contributed by atoms with Crippen molar-refractivity contribution in [3.63, 3.8) is 0 Å². The number of pyridine rings is 1. The molecule has 22 heavy (non-hydrogen) atoms. The number of rotatable bonds is 7. The number of nitrogens with zero attached hydrogens (tertiary/aromatic N) is 1. The lowest BCUT2D eigenvalue weighted by atomic mass is 9.94. The summed E-state index contributed by atoms with van der Waals surface area (Å²) in [5, 5.41) is 11.8. The first-order valence-electron chi connectivity index (χ1n) is 6.78. The van der Waals surface area contributed by atoms with E-state index in [0.717, 1.165) is 6.20 Å². The number of hydrogen-bond donors (Lipinski definition) is 2. The molecule has 0 aromatic carbocycles. The summed E-state index contributed by atoms with van der Waals surface area (Å²) in [6, 6.07) is 2.54. The molecule has 1 atom stereocenters. The van der Waals surface area contributed by atoms with Gasteiger partial charge in [-0.15, -0.1) is 0 Å². The van der Waals surface area contributed by atoms with Crippen LogP contribution in [-0.4, -0.2) is 40.9 Å². The summed E-state index contributed by atoms with van der Waals surface area (Å²) in [5.74, 6) is -0.616. The van der Waals surface area contributed by atoms with Crippen molar-refractivity contribution in [1.29, 1.82) is 0 Å². The van der Waals surface area contributed by atoms with Gasteiger partial charge in [0.1, 0.15) is 0 Å². The molecule has 5 nitrogen and oxygen atoms in total. The average Bonchev–Trinajstić information content (AvgIpc) is 2.45. The number of ether oxygens (including phenoxy) is 1. The van der Waals surface area contributed by atoms with E-state index in [4.69, 9.17) is 5.11 Å². The third-order valence-corrected chi connectivity index (χ3v) is 3.24. The van der Waals surface area contributed by atoms with Gasteiger partial charge in [-0.1, -0.05) is 6.92 Å². The number of alkyl halides is 3. The predicted molar refractivity (Wildman–Crippen MR) is 73.7 cm³/mol.